The number of imidazole rings is 1. The molecule has 2 aliphatic rings. The highest BCUT2D eigenvalue weighted by Crippen LogP contribution is 2.32. The van der Waals surface area contributed by atoms with Crippen molar-refractivity contribution in [2.75, 3.05) is 39.8 Å². The Kier molecular flexibility index (Phi) is 6.03. The molecule has 0 saturated carbocycles. The molecule has 1 amide bonds. The third kappa shape index (κ3) is 4.12. The summed E-state index contributed by atoms with van der Waals surface area (Å²) in [6.07, 6.45) is 6.70. The number of likely N-dealkylation sites (N-methyl/N-ethyl adjacent to an activating group) is 1. The molecule has 6 nitrogen and oxygen atoms in total. The van der Waals surface area contributed by atoms with Crippen LogP contribution in [0.2, 0.25) is 0 Å². The van der Waals surface area contributed by atoms with Gasteiger partial charge in [-0.1, -0.05) is 13.8 Å². The molecule has 2 aliphatic heterocycles. The van der Waals surface area contributed by atoms with E-state index in [-0.39, 0.29) is 5.54 Å². The zero-order valence-corrected chi connectivity index (χ0v) is 16.9. The topological polar surface area (TPSA) is 44.6 Å². The number of rotatable bonds is 5. The standard InChI is InChI=1S/C20H35N5O/c1-5-24-9-8-20(7-6-19(24)26)15-23(11-10-22(20)4)14-18-12-21-16-25(18)13-17(2)3/h12,16-17H,5-11,13-15H2,1-4H3. The van der Waals surface area contributed by atoms with Crippen LogP contribution in [-0.2, 0) is 17.9 Å². The van der Waals surface area contributed by atoms with Crippen molar-refractivity contribution in [3.63, 3.8) is 0 Å². The molecule has 2 saturated heterocycles. The fraction of sp³-hybridized carbons (Fsp3) is 0.800. The Labute approximate surface area is 158 Å². The number of carbonyl (C=O) groups is 1. The van der Waals surface area contributed by atoms with E-state index in [9.17, 15) is 4.79 Å². The maximum atomic E-state index is 12.3. The summed E-state index contributed by atoms with van der Waals surface area (Å²) in [7, 11) is 2.24. The number of nitrogens with zero attached hydrogens (tertiary/aromatic N) is 5. The van der Waals surface area contributed by atoms with Gasteiger partial charge < -0.3 is 9.47 Å². The summed E-state index contributed by atoms with van der Waals surface area (Å²) in [5.41, 5.74) is 1.43. The van der Waals surface area contributed by atoms with Crippen LogP contribution >= 0.6 is 0 Å². The van der Waals surface area contributed by atoms with Crippen LogP contribution in [0.25, 0.3) is 0 Å². The van der Waals surface area contributed by atoms with Gasteiger partial charge in [-0.2, -0.15) is 0 Å². The Morgan fingerprint density at radius 2 is 2.04 bits per heavy atom. The molecule has 0 aromatic carbocycles. The lowest BCUT2D eigenvalue weighted by Crippen LogP contribution is -2.60. The smallest absolute Gasteiger partial charge is 0.222 e. The van der Waals surface area contributed by atoms with Crippen molar-refractivity contribution in [1.82, 2.24) is 24.3 Å². The molecule has 0 N–H and O–H groups in total. The van der Waals surface area contributed by atoms with Gasteiger partial charge in [0.1, 0.15) is 0 Å². The van der Waals surface area contributed by atoms with Gasteiger partial charge in [0, 0.05) is 64.0 Å². The van der Waals surface area contributed by atoms with Crippen LogP contribution < -0.4 is 0 Å². The minimum absolute atomic E-state index is 0.126. The largest absolute Gasteiger partial charge is 0.343 e. The average Bonchev–Trinajstić information content (AvgIpc) is 2.95. The van der Waals surface area contributed by atoms with E-state index in [4.69, 9.17) is 0 Å². The van der Waals surface area contributed by atoms with E-state index in [0.717, 1.165) is 58.7 Å². The van der Waals surface area contributed by atoms with Gasteiger partial charge in [-0.15, -0.1) is 0 Å². The van der Waals surface area contributed by atoms with Crippen molar-refractivity contribution in [3.05, 3.63) is 18.2 Å². The predicted molar refractivity (Wildman–Crippen MR) is 104 cm³/mol. The summed E-state index contributed by atoms with van der Waals surface area (Å²) in [5, 5.41) is 0. The Hall–Kier alpha value is -1.40. The molecule has 1 atom stereocenters. The van der Waals surface area contributed by atoms with Crippen LogP contribution in [0.4, 0.5) is 0 Å². The molecule has 3 rings (SSSR count). The summed E-state index contributed by atoms with van der Waals surface area (Å²) in [6.45, 7) is 13.5. The first-order valence-corrected chi connectivity index (χ1v) is 10.1. The number of hydrogen-bond donors (Lipinski definition) is 0. The fourth-order valence-electron chi connectivity index (χ4n) is 4.51. The van der Waals surface area contributed by atoms with Gasteiger partial charge in [0.2, 0.25) is 5.91 Å². The molecule has 0 bridgehead atoms. The number of carbonyl (C=O) groups excluding carboxylic acids is 1. The van der Waals surface area contributed by atoms with Crippen LogP contribution in [0, 0.1) is 5.92 Å². The summed E-state index contributed by atoms with van der Waals surface area (Å²) >= 11 is 0. The van der Waals surface area contributed by atoms with Gasteiger partial charge in [-0.25, -0.2) is 4.98 Å². The van der Waals surface area contributed by atoms with Gasteiger partial charge in [0.05, 0.1) is 12.0 Å². The molecule has 146 valence electrons. The quantitative estimate of drug-likeness (QED) is 0.805. The lowest BCUT2D eigenvalue weighted by Gasteiger charge is -2.49. The van der Waals surface area contributed by atoms with Crippen LogP contribution in [-0.4, -0.2) is 75.5 Å². The molecule has 0 radical (unpaired) electrons. The molecular formula is C20H35N5O. The second kappa shape index (κ2) is 8.09. The van der Waals surface area contributed by atoms with E-state index in [1.807, 2.05) is 17.4 Å². The lowest BCUT2D eigenvalue weighted by molar-refractivity contribution is -0.130. The molecule has 1 unspecified atom stereocenters. The number of amides is 1. The van der Waals surface area contributed by atoms with Crippen LogP contribution in [0.1, 0.15) is 45.7 Å². The van der Waals surface area contributed by atoms with E-state index in [1.165, 1.54) is 5.69 Å². The third-order valence-electron chi connectivity index (χ3n) is 6.21. The summed E-state index contributed by atoms with van der Waals surface area (Å²) in [5.74, 6) is 0.944. The monoisotopic (exact) mass is 361 g/mol. The first kappa shape index (κ1) is 19.4. The maximum absolute atomic E-state index is 12.3. The average molecular weight is 362 g/mol. The number of aromatic nitrogens is 2. The molecule has 3 heterocycles. The second-order valence-electron chi connectivity index (χ2n) is 8.51. The molecular weight excluding hydrogens is 326 g/mol. The zero-order valence-electron chi connectivity index (χ0n) is 16.9. The minimum atomic E-state index is 0.126. The van der Waals surface area contributed by atoms with Crippen LogP contribution in [0.5, 0.6) is 0 Å². The highest BCUT2D eigenvalue weighted by atomic mass is 16.2. The van der Waals surface area contributed by atoms with Crippen molar-refractivity contribution >= 4 is 5.91 Å². The Bertz CT molecular complexity index is 613. The van der Waals surface area contributed by atoms with E-state index in [1.54, 1.807) is 0 Å². The second-order valence-corrected chi connectivity index (χ2v) is 8.51. The van der Waals surface area contributed by atoms with Crippen molar-refractivity contribution in [2.45, 2.75) is 58.7 Å². The molecule has 2 fully saturated rings. The number of likely N-dealkylation sites (tertiary alicyclic amines) is 1. The summed E-state index contributed by atoms with van der Waals surface area (Å²) in [4.78, 5) is 23.8. The van der Waals surface area contributed by atoms with Gasteiger partial charge >= 0.3 is 0 Å². The molecule has 6 heteroatoms. The predicted octanol–water partition coefficient (Wildman–Crippen LogP) is 2.06. The van der Waals surface area contributed by atoms with Crippen molar-refractivity contribution in [1.29, 1.82) is 0 Å². The van der Waals surface area contributed by atoms with Crippen LogP contribution in [0.3, 0.4) is 0 Å². The van der Waals surface area contributed by atoms with Crippen molar-refractivity contribution in [2.24, 2.45) is 5.92 Å². The Morgan fingerprint density at radius 1 is 1.23 bits per heavy atom. The molecule has 1 aromatic heterocycles. The summed E-state index contributed by atoms with van der Waals surface area (Å²) < 4.78 is 2.30. The molecule has 1 spiro atoms. The van der Waals surface area contributed by atoms with Crippen molar-refractivity contribution in [3.8, 4) is 0 Å². The summed E-state index contributed by atoms with van der Waals surface area (Å²) in [6, 6.07) is 0. The lowest BCUT2D eigenvalue weighted by atomic mass is 9.86. The van der Waals surface area contributed by atoms with Gasteiger partial charge in [-0.05, 0) is 32.7 Å². The zero-order chi connectivity index (χ0) is 18.7. The Morgan fingerprint density at radius 3 is 2.77 bits per heavy atom. The van der Waals surface area contributed by atoms with E-state index < -0.39 is 0 Å². The molecule has 1 aromatic rings. The highest BCUT2D eigenvalue weighted by molar-refractivity contribution is 5.76. The van der Waals surface area contributed by atoms with Crippen molar-refractivity contribution < 1.29 is 4.79 Å². The van der Waals surface area contributed by atoms with E-state index >= 15 is 0 Å². The number of piperazine rings is 1. The van der Waals surface area contributed by atoms with Gasteiger partial charge in [0.15, 0.2) is 0 Å². The maximum Gasteiger partial charge on any atom is 0.222 e. The van der Waals surface area contributed by atoms with E-state index in [0.29, 0.717) is 18.2 Å². The third-order valence-corrected chi connectivity index (χ3v) is 6.21. The van der Waals surface area contributed by atoms with Crippen LogP contribution in [0.15, 0.2) is 12.5 Å². The SMILES string of the molecule is CCN1CCC2(CCC1=O)CN(Cc1cncn1CC(C)C)CCN2C. The fourth-order valence-corrected chi connectivity index (χ4v) is 4.51. The first-order chi connectivity index (χ1) is 12.4. The van der Waals surface area contributed by atoms with Gasteiger partial charge in [0.25, 0.3) is 0 Å². The number of hydrogen-bond acceptors (Lipinski definition) is 4. The molecule has 26 heavy (non-hydrogen) atoms. The molecule has 0 aliphatic carbocycles. The first-order valence-electron chi connectivity index (χ1n) is 10.1. The van der Waals surface area contributed by atoms with E-state index in [2.05, 4.69) is 47.2 Å². The normalized spacial score (nSPS) is 26.0. The van der Waals surface area contributed by atoms with Gasteiger partial charge in [-0.3, -0.25) is 14.6 Å². The highest BCUT2D eigenvalue weighted by Gasteiger charge is 2.42. The minimum Gasteiger partial charge on any atom is -0.343 e. The Balaban J connectivity index is 1.70.